The highest BCUT2D eigenvalue weighted by Crippen LogP contribution is 2.47. The van der Waals surface area contributed by atoms with Crippen LogP contribution in [0.4, 0.5) is 0 Å². The number of H-pyrrole nitrogens is 1. The summed E-state index contributed by atoms with van der Waals surface area (Å²) in [6.45, 7) is 5.71. The van der Waals surface area contributed by atoms with Crippen LogP contribution in [0.3, 0.4) is 0 Å². The molecule has 0 unspecified atom stereocenters. The summed E-state index contributed by atoms with van der Waals surface area (Å²) in [7, 11) is 0. The first-order valence-electron chi connectivity index (χ1n) is 8.97. The van der Waals surface area contributed by atoms with Gasteiger partial charge in [0.25, 0.3) is 0 Å². The van der Waals surface area contributed by atoms with Gasteiger partial charge in [-0.3, -0.25) is 9.89 Å². The van der Waals surface area contributed by atoms with E-state index in [1.807, 2.05) is 17.9 Å². The van der Waals surface area contributed by atoms with E-state index in [2.05, 4.69) is 28.2 Å². The molecule has 2 aliphatic rings. The van der Waals surface area contributed by atoms with Crippen molar-refractivity contribution in [3.8, 4) is 0 Å². The molecule has 134 valence electrons. The van der Waals surface area contributed by atoms with Crippen LogP contribution in [0.15, 0.2) is 16.5 Å². The predicted octanol–water partition coefficient (Wildman–Crippen LogP) is 2.36. The highest BCUT2D eigenvalue weighted by atomic mass is 16.5. The lowest BCUT2D eigenvalue weighted by atomic mass is 10.2. The van der Waals surface area contributed by atoms with E-state index in [0.29, 0.717) is 44.3 Å². The minimum atomic E-state index is -0.255. The van der Waals surface area contributed by atoms with Gasteiger partial charge in [-0.15, -0.1) is 0 Å². The van der Waals surface area contributed by atoms with Crippen molar-refractivity contribution in [2.24, 2.45) is 5.92 Å². The molecule has 1 N–H and O–H groups in total. The van der Waals surface area contributed by atoms with Gasteiger partial charge in [0.05, 0.1) is 13.2 Å². The molecule has 7 heteroatoms. The summed E-state index contributed by atoms with van der Waals surface area (Å²) >= 11 is 0. The number of carbonyl (C=O) groups is 1. The SMILES string of the molecule is Cc1nc([C@@H]2CN(C(=O)CCc3ccc([C@@H]4C[C@@H]4C)o3)CCO2)n[nH]1. The first kappa shape index (κ1) is 16.3. The number of rotatable bonds is 5. The molecule has 2 aromatic heterocycles. The minimum absolute atomic E-state index is 0.123. The molecule has 1 amide bonds. The molecule has 7 nitrogen and oxygen atoms in total. The van der Waals surface area contributed by atoms with E-state index in [1.165, 1.54) is 6.42 Å². The molecule has 1 saturated carbocycles. The Bertz CT molecular complexity index is 753. The number of hydrogen-bond donors (Lipinski definition) is 1. The molecule has 0 spiro atoms. The van der Waals surface area contributed by atoms with Crippen LogP contribution in [0, 0.1) is 12.8 Å². The van der Waals surface area contributed by atoms with Crippen molar-refractivity contribution in [1.82, 2.24) is 20.1 Å². The van der Waals surface area contributed by atoms with Crippen molar-refractivity contribution in [1.29, 1.82) is 0 Å². The lowest BCUT2D eigenvalue weighted by Crippen LogP contribution is -2.42. The summed E-state index contributed by atoms with van der Waals surface area (Å²) in [5.41, 5.74) is 0. The van der Waals surface area contributed by atoms with Gasteiger partial charge in [-0.05, 0) is 31.4 Å². The van der Waals surface area contributed by atoms with Crippen LogP contribution in [0.1, 0.15) is 55.0 Å². The fraction of sp³-hybridized carbons (Fsp3) is 0.611. The average Bonchev–Trinajstić information content (AvgIpc) is 3.02. The standard InChI is InChI=1S/C18H24N4O3/c1-11-9-14(11)15-5-3-13(25-15)4-6-17(23)22-7-8-24-16(10-22)18-19-12(2)20-21-18/h3,5,11,14,16H,4,6-10H2,1-2H3,(H,19,20,21)/t11-,14+,16-/m0/s1. The highest BCUT2D eigenvalue weighted by Gasteiger charge is 2.36. The Morgan fingerprint density at radius 2 is 2.28 bits per heavy atom. The van der Waals surface area contributed by atoms with Crippen molar-refractivity contribution in [3.63, 3.8) is 0 Å². The Balaban J connectivity index is 1.30. The number of aryl methyl sites for hydroxylation is 2. The Morgan fingerprint density at radius 3 is 3.00 bits per heavy atom. The second-order valence-corrected chi connectivity index (χ2v) is 7.10. The topological polar surface area (TPSA) is 84.2 Å². The van der Waals surface area contributed by atoms with Crippen molar-refractivity contribution in [2.75, 3.05) is 19.7 Å². The van der Waals surface area contributed by atoms with E-state index < -0.39 is 0 Å². The van der Waals surface area contributed by atoms with Gasteiger partial charge in [0.15, 0.2) is 5.82 Å². The molecule has 1 saturated heterocycles. The van der Waals surface area contributed by atoms with Crippen LogP contribution >= 0.6 is 0 Å². The molecular weight excluding hydrogens is 320 g/mol. The number of aromatic amines is 1. The van der Waals surface area contributed by atoms with Crippen LogP contribution in [0.25, 0.3) is 0 Å². The lowest BCUT2D eigenvalue weighted by molar-refractivity contribution is -0.139. The molecule has 3 heterocycles. The molecule has 0 radical (unpaired) electrons. The molecule has 25 heavy (non-hydrogen) atoms. The van der Waals surface area contributed by atoms with Crippen LogP contribution in [-0.2, 0) is 16.0 Å². The van der Waals surface area contributed by atoms with Gasteiger partial charge in [0, 0.05) is 25.3 Å². The monoisotopic (exact) mass is 344 g/mol. The molecular formula is C18H24N4O3. The smallest absolute Gasteiger partial charge is 0.223 e. The minimum Gasteiger partial charge on any atom is -0.466 e. The zero-order valence-electron chi connectivity index (χ0n) is 14.7. The molecule has 2 fully saturated rings. The van der Waals surface area contributed by atoms with Gasteiger partial charge < -0.3 is 14.1 Å². The summed E-state index contributed by atoms with van der Waals surface area (Å²) < 4.78 is 11.6. The maximum Gasteiger partial charge on any atom is 0.223 e. The summed E-state index contributed by atoms with van der Waals surface area (Å²) in [6.07, 6.45) is 2.05. The third kappa shape index (κ3) is 3.61. The summed E-state index contributed by atoms with van der Waals surface area (Å²) in [6, 6.07) is 4.07. The molecule has 0 bridgehead atoms. The maximum atomic E-state index is 12.5. The third-order valence-corrected chi connectivity index (χ3v) is 5.06. The first-order valence-corrected chi connectivity index (χ1v) is 8.97. The number of hydrogen-bond acceptors (Lipinski definition) is 5. The zero-order valence-corrected chi connectivity index (χ0v) is 14.7. The Kier molecular flexibility index (Phi) is 4.33. The number of nitrogens with zero attached hydrogens (tertiary/aromatic N) is 3. The van der Waals surface area contributed by atoms with Gasteiger partial charge in [-0.2, -0.15) is 5.10 Å². The number of morpholine rings is 1. The fourth-order valence-electron chi connectivity index (χ4n) is 3.37. The Hall–Kier alpha value is -2.15. The molecule has 0 aromatic carbocycles. The van der Waals surface area contributed by atoms with Crippen LogP contribution in [0.5, 0.6) is 0 Å². The Morgan fingerprint density at radius 1 is 1.44 bits per heavy atom. The van der Waals surface area contributed by atoms with Gasteiger partial charge in [-0.1, -0.05) is 6.92 Å². The molecule has 3 atom stereocenters. The number of amides is 1. The second-order valence-electron chi connectivity index (χ2n) is 7.10. The summed E-state index contributed by atoms with van der Waals surface area (Å²) in [4.78, 5) is 18.7. The zero-order chi connectivity index (χ0) is 17.4. The summed E-state index contributed by atoms with van der Waals surface area (Å²) in [5, 5.41) is 6.96. The number of ether oxygens (including phenoxy) is 1. The van der Waals surface area contributed by atoms with Crippen molar-refractivity contribution in [2.45, 2.75) is 45.1 Å². The predicted molar refractivity (Wildman–Crippen MR) is 89.9 cm³/mol. The Labute approximate surface area is 146 Å². The van der Waals surface area contributed by atoms with Gasteiger partial charge in [0.1, 0.15) is 23.4 Å². The normalized spacial score (nSPS) is 26.0. The van der Waals surface area contributed by atoms with Gasteiger partial charge in [-0.25, -0.2) is 4.98 Å². The third-order valence-electron chi connectivity index (χ3n) is 5.06. The first-order chi connectivity index (χ1) is 12.1. The molecule has 4 rings (SSSR count). The lowest BCUT2D eigenvalue weighted by Gasteiger charge is -2.31. The van der Waals surface area contributed by atoms with E-state index in [4.69, 9.17) is 9.15 Å². The van der Waals surface area contributed by atoms with Gasteiger partial charge >= 0.3 is 0 Å². The largest absolute Gasteiger partial charge is 0.466 e. The van der Waals surface area contributed by atoms with Crippen LogP contribution in [-0.4, -0.2) is 45.7 Å². The van der Waals surface area contributed by atoms with Crippen molar-refractivity contribution >= 4 is 5.91 Å². The van der Waals surface area contributed by atoms with Crippen LogP contribution < -0.4 is 0 Å². The molecule has 1 aliphatic heterocycles. The molecule has 2 aromatic rings. The van der Waals surface area contributed by atoms with E-state index >= 15 is 0 Å². The van der Waals surface area contributed by atoms with Gasteiger partial charge in [0.2, 0.25) is 5.91 Å². The fourth-order valence-corrected chi connectivity index (χ4v) is 3.37. The van der Waals surface area contributed by atoms with E-state index in [-0.39, 0.29) is 12.0 Å². The number of furan rings is 1. The second kappa shape index (κ2) is 6.63. The molecule has 1 aliphatic carbocycles. The van der Waals surface area contributed by atoms with Crippen LogP contribution in [0.2, 0.25) is 0 Å². The van der Waals surface area contributed by atoms with Crippen molar-refractivity contribution < 1.29 is 13.9 Å². The quantitative estimate of drug-likeness (QED) is 0.900. The number of aromatic nitrogens is 3. The maximum absolute atomic E-state index is 12.5. The van der Waals surface area contributed by atoms with E-state index in [1.54, 1.807) is 0 Å². The number of nitrogens with one attached hydrogen (secondary N) is 1. The van der Waals surface area contributed by atoms with E-state index in [9.17, 15) is 4.79 Å². The average molecular weight is 344 g/mol. The number of carbonyl (C=O) groups excluding carboxylic acids is 1. The van der Waals surface area contributed by atoms with E-state index in [0.717, 1.165) is 23.3 Å². The van der Waals surface area contributed by atoms with Crippen molar-refractivity contribution in [3.05, 3.63) is 35.3 Å². The summed E-state index contributed by atoms with van der Waals surface area (Å²) in [5.74, 6) is 4.76. The highest BCUT2D eigenvalue weighted by molar-refractivity contribution is 5.76.